The van der Waals surface area contributed by atoms with Crippen LogP contribution in [0.5, 0.6) is 5.75 Å². The molecule has 0 bridgehead atoms. The minimum Gasteiger partial charge on any atom is -0.488 e. The second kappa shape index (κ2) is 10.2. The molecule has 1 aliphatic rings. The lowest BCUT2D eigenvalue weighted by Crippen LogP contribution is -2.36. The summed E-state index contributed by atoms with van der Waals surface area (Å²) in [5, 5.41) is 2.45. The van der Waals surface area contributed by atoms with Crippen LogP contribution in [0.25, 0.3) is 10.8 Å². The number of halogens is 1. The van der Waals surface area contributed by atoms with E-state index in [0.29, 0.717) is 6.61 Å². The van der Waals surface area contributed by atoms with Gasteiger partial charge >= 0.3 is 0 Å². The van der Waals surface area contributed by atoms with Crippen LogP contribution in [0.15, 0.2) is 94.4 Å². The van der Waals surface area contributed by atoms with E-state index in [9.17, 15) is 0 Å². The summed E-state index contributed by atoms with van der Waals surface area (Å²) < 4.78 is 12.5. The lowest BCUT2D eigenvalue weighted by Gasteiger charge is -2.28. The molecule has 4 aromatic rings. The summed E-state index contributed by atoms with van der Waals surface area (Å²) in [4.78, 5) is 6.97. The fourth-order valence-corrected chi connectivity index (χ4v) is 4.52. The topological polar surface area (TPSA) is 34.1 Å². The predicted molar refractivity (Wildman–Crippen MR) is 139 cm³/mol. The largest absolute Gasteiger partial charge is 0.488 e. The van der Waals surface area contributed by atoms with Crippen molar-refractivity contribution in [2.75, 3.05) is 31.2 Å². The van der Waals surface area contributed by atoms with Crippen LogP contribution in [0.1, 0.15) is 11.1 Å². The summed E-state index contributed by atoms with van der Waals surface area (Å²) in [6, 6.07) is 29.1. The number of morpholine rings is 1. The number of nitrogens with zero attached hydrogens (tertiary/aromatic N) is 2. The average molecular weight is 501 g/mol. The van der Waals surface area contributed by atoms with Crippen LogP contribution in [0.3, 0.4) is 0 Å². The summed E-state index contributed by atoms with van der Waals surface area (Å²) in [7, 11) is 0. The van der Waals surface area contributed by atoms with Crippen LogP contribution in [-0.2, 0) is 11.3 Å². The Balaban J connectivity index is 1.23. The molecular formula is C28H25BrN2O2. The van der Waals surface area contributed by atoms with Crippen molar-refractivity contribution in [2.24, 2.45) is 4.99 Å². The number of anilines is 1. The van der Waals surface area contributed by atoms with Crippen molar-refractivity contribution in [3.05, 3.63) is 101 Å². The van der Waals surface area contributed by atoms with Crippen molar-refractivity contribution in [1.82, 2.24) is 0 Å². The van der Waals surface area contributed by atoms with E-state index in [0.717, 1.165) is 47.8 Å². The maximum atomic E-state index is 6.11. The Morgan fingerprint density at radius 3 is 2.52 bits per heavy atom. The van der Waals surface area contributed by atoms with Gasteiger partial charge in [-0.2, -0.15) is 0 Å². The quantitative estimate of drug-likeness (QED) is 0.274. The first-order chi connectivity index (χ1) is 16.3. The predicted octanol–water partition coefficient (Wildman–Crippen LogP) is 6.77. The van der Waals surface area contributed by atoms with Crippen LogP contribution in [0.2, 0.25) is 0 Å². The molecule has 0 radical (unpaired) electrons. The molecule has 0 unspecified atom stereocenters. The molecule has 5 rings (SSSR count). The van der Waals surface area contributed by atoms with Crippen molar-refractivity contribution in [3.8, 4) is 5.75 Å². The van der Waals surface area contributed by atoms with Gasteiger partial charge in [0.05, 0.1) is 23.4 Å². The molecule has 1 fully saturated rings. The van der Waals surface area contributed by atoms with Crippen LogP contribution in [-0.4, -0.2) is 32.5 Å². The molecule has 0 spiro atoms. The smallest absolute Gasteiger partial charge is 0.134 e. The SMILES string of the molecule is Brc1cc(C=Nc2ccc(N3CCOCC3)cc2)ccc1OCc1cccc2ccccc12. The second-order valence-corrected chi connectivity index (χ2v) is 8.85. The van der Waals surface area contributed by atoms with Crippen LogP contribution >= 0.6 is 15.9 Å². The molecule has 33 heavy (non-hydrogen) atoms. The fraction of sp³-hybridized carbons (Fsp3) is 0.179. The number of hydrogen-bond donors (Lipinski definition) is 0. The van der Waals surface area contributed by atoms with E-state index in [1.807, 2.05) is 24.4 Å². The molecule has 0 aromatic heterocycles. The third-order valence-electron chi connectivity index (χ3n) is 5.81. The van der Waals surface area contributed by atoms with Gasteiger partial charge in [0.1, 0.15) is 12.4 Å². The molecule has 4 aromatic carbocycles. The average Bonchev–Trinajstić information content (AvgIpc) is 2.88. The highest BCUT2D eigenvalue weighted by molar-refractivity contribution is 9.10. The molecule has 0 N–H and O–H groups in total. The standard InChI is InChI=1S/C28H25BrN2O2/c29-27-18-21(19-30-24-9-11-25(12-10-24)31-14-16-32-17-15-31)8-13-28(27)33-20-23-6-3-5-22-4-1-2-7-26(22)23/h1-13,18-19H,14-17,20H2. The maximum absolute atomic E-state index is 6.11. The van der Waals surface area contributed by atoms with Gasteiger partial charge in [-0.15, -0.1) is 0 Å². The molecule has 0 amide bonds. The number of ether oxygens (including phenoxy) is 2. The molecule has 1 heterocycles. The maximum Gasteiger partial charge on any atom is 0.134 e. The molecule has 166 valence electrons. The summed E-state index contributed by atoms with van der Waals surface area (Å²) in [6.07, 6.45) is 1.88. The van der Waals surface area contributed by atoms with Crippen molar-refractivity contribution < 1.29 is 9.47 Å². The Morgan fingerprint density at radius 2 is 1.70 bits per heavy atom. The van der Waals surface area contributed by atoms with Gasteiger partial charge in [-0.3, -0.25) is 4.99 Å². The van der Waals surface area contributed by atoms with E-state index in [-0.39, 0.29) is 0 Å². The normalized spacial score (nSPS) is 14.2. The van der Waals surface area contributed by atoms with E-state index in [1.54, 1.807) is 0 Å². The van der Waals surface area contributed by atoms with Gasteiger partial charge in [0.25, 0.3) is 0 Å². The highest BCUT2D eigenvalue weighted by Gasteiger charge is 2.10. The van der Waals surface area contributed by atoms with Crippen LogP contribution in [0.4, 0.5) is 11.4 Å². The molecular weight excluding hydrogens is 476 g/mol. The number of hydrogen-bond acceptors (Lipinski definition) is 4. The Morgan fingerprint density at radius 1 is 0.909 bits per heavy atom. The first-order valence-corrected chi connectivity index (χ1v) is 11.9. The number of aliphatic imine (C=N–C) groups is 1. The monoisotopic (exact) mass is 500 g/mol. The van der Waals surface area contributed by atoms with Gasteiger partial charge < -0.3 is 14.4 Å². The van der Waals surface area contributed by atoms with Crippen molar-refractivity contribution in [1.29, 1.82) is 0 Å². The first kappa shape index (κ1) is 21.7. The summed E-state index contributed by atoms with van der Waals surface area (Å²) in [5.41, 5.74) is 4.33. The van der Waals surface area contributed by atoms with E-state index < -0.39 is 0 Å². The lowest BCUT2D eigenvalue weighted by atomic mass is 10.1. The Labute approximate surface area is 202 Å². The van der Waals surface area contributed by atoms with E-state index in [4.69, 9.17) is 9.47 Å². The number of rotatable bonds is 6. The zero-order valence-electron chi connectivity index (χ0n) is 18.3. The number of fused-ring (bicyclic) bond motifs is 1. The van der Waals surface area contributed by atoms with Gasteiger partial charge in [0.15, 0.2) is 0 Å². The minimum absolute atomic E-state index is 0.517. The van der Waals surface area contributed by atoms with Gasteiger partial charge in [-0.1, -0.05) is 42.5 Å². The third kappa shape index (κ3) is 5.27. The zero-order chi connectivity index (χ0) is 22.5. The Hall–Kier alpha value is -3.15. The van der Waals surface area contributed by atoms with E-state index in [1.165, 1.54) is 22.0 Å². The molecule has 4 nitrogen and oxygen atoms in total. The molecule has 1 saturated heterocycles. The second-order valence-electron chi connectivity index (χ2n) is 7.99. The summed E-state index contributed by atoms with van der Waals surface area (Å²) in [6.45, 7) is 3.97. The molecule has 0 saturated carbocycles. The van der Waals surface area contributed by atoms with E-state index >= 15 is 0 Å². The van der Waals surface area contributed by atoms with Gasteiger partial charge in [0, 0.05) is 25.0 Å². The minimum atomic E-state index is 0.517. The highest BCUT2D eigenvalue weighted by atomic mass is 79.9. The molecule has 5 heteroatoms. The molecule has 1 aliphatic heterocycles. The fourth-order valence-electron chi connectivity index (χ4n) is 4.01. The molecule has 0 atom stereocenters. The van der Waals surface area contributed by atoms with Crippen molar-refractivity contribution >= 4 is 44.3 Å². The van der Waals surface area contributed by atoms with Gasteiger partial charge in [-0.05, 0) is 80.3 Å². The number of benzene rings is 4. The Bertz CT molecular complexity index is 1260. The van der Waals surface area contributed by atoms with Gasteiger partial charge in [0.2, 0.25) is 0 Å². The Kier molecular flexibility index (Phi) is 6.70. The third-order valence-corrected chi connectivity index (χ3v) is 6.43. The zero-order valence-corrected chi connectivity index (χ0v) is 19.9. The highest BCUT2D eigenvalue weighted by Crippen LogP contribution is 2.28. The lowest BCUT2D eigenvalue weighted by molar-refractivity contribution is 0.122. The summed E-state index contributed by atoms with van der Waals surface area (Å²) >= 11 is 3.65. The van der Waals surface area contributed by atoms with Crippen LogP contribution < -0.4 is 9.64 Å². The van der Waals surface area contributed by atoms with Crippen LogP contribution in [0, 0.1) is 0 Å². The van der Waals surface area contributed by atoms with Crippen molar-refractivity contribution in [3.63, 3.8) is 0 Å². The van der Waals surface area contributed by atoms with Gasteiger partial charge in [-0.25, -0.2) is 0 Å². The van der Waals surface area contributed by atoms with Crippen molar-refractivity contribution in [2.45, 2.75) is 6.61 Å². The molecule has 0 aliphatic carbocycles. The van der Waals surface area contributed by atoms with E-state index in [2.05, 4.69) is 92.6 Å². The first-order valence-electron chi connectivity index (χ1n) is 11.1. The summed E-state index contributed by atoms with van der Waals surface area (Å²) in [5.74, 6) is 0.815.